The van der Waals surface area contributed by atoms with Crippen LogP contribution in [0.25, 0.3) is 11.4 Å². The van der Waals surface area contributed by atoms with E-state index in [-0.39, 0.29) is 12.1 Å². The fourth-order valence-corrected chi connectivity index (χ4v) is 3.41. The van der Waals surface area contributed by atoms with Crippen molar-refractivity contribution in [2.75, 3.05) is 6.54 Å². The summed E-state index contributed by atoms with van der Waals surface area (Å²) in [7, 11) is 0. The van der Waals surface area contributed by atoms with Crippen molar-refractivity contribution in [2.24, 2.45) is 0 Å². The standard InChI is InChI=1S/C20H16ClF2N3O/c21-14-6-4-12(5-7-14)19-24-17-11-26(9-8-15(17)20(27)25-19)10-13-2-1-3-16(22)18(13)23/h1-7H,8-11H2,(H,24,25,27). The summed E-state index contributed by atoms with van der Waals surface area (Å²) in [5, 5.41) is 0.599. The van der Waals surface area contributed by atoms with Crippen LogP contribution in [0.2, 0.25) is 5.02 Å². The van der Waals surface area contributed by atoms with Gasteiger partial charge in [-0.2, -0.15) is 0 Å². The van der Waals surface area contributed by atoms with Gasteiger partial charge >= 0.3 is 0 Å². The number of H-pyrrole nitrogens is 1. The number of hydrogen-bond acceptors (Lipinski definition) is 3. The summed E-state index contributed by atoms with van der Waals surface area (Å²) in [4.78, 5) is 21.8. The zero-order chi connectivity index (χ0) is 19.0. The van der Waals surface area contributed by atoms with Gasteiger partial charge in [0.1, 0.15) is 5.82 Å². The van der Waals surface area contributed by atoms with Crippen molar-refractivity contribution in [3.8, 4) is 11.4 Å². The molecular weight excluding hydrogens is 372 g/mol. The Morgan fingerprint density at radius 1 is 1.15 bits per heavy atom. The molecule has 0 unspecified atom stereocenters. The van der Waals surface area contributed by atoms with Crippen LogP contribution < -0.4 is 5.56 Å². The number of hydrogen-bond donors (Lipinski definition) is 1. The van der Waals surface area contributed by atoms with Gasteiger partial charge in [-0.25, -0.2) is 13.8 Å². The molecule has 2 heterocycles. The maximum Gasteiger partial charge on any atom is 0.254 e. The molecule has 138 valence electrons. The van der Waals surface area contributed by atoms with Crippen molar-refractivity contribution in [3.05, 3.63) is 86.3 Å². The molecule has 0 radical (unpaired) electrons. The van der Waals surface area contributed by atoms with E-state index in [1.54, 1.807) is 30.3 Å². The second-order valence-electron chi connectivity index (χ2n) is 6.52. The van der Waals surface area contributed by atoms with Gasteiger partial charge in [0, 0.05) is 41.3 Å². The summed E-state index contributed by atoms with van der Waals surface area (Å²) in [6.07, 6.45) is 0.509. The average Bonchev–Trinajstić information content (AvgIpc) is 2.66. The number of aromatic amines is 1. The molecular formula is C20H16ClF2N3O. The molecule has 2 aromatic carbocycles. The Kier molecular flexibility index (Phi) is 4.76. The predicted molar refractivity (Wildman–Crippen MR) is 99.5 cm³/mol. The summed E-state index contributed by atoms with van der Waals surface area (Å²) in [6.45, 7) is 1.23. The van der Waals surface area contributed by atoms with Crippen LogP contribution in [-0.4, -0.2) is 21.4 Å². The van der Waals surface area contributed by atoms with E-state index in [0.29, 0.717) is 47.2 Å². The van der Waals surface area contributed by atoms with E-state index in [4.69, 9.17) is 11.6 Å². The molecule has 0 spiro atoms. The van der Waals surface area contributed by atoms with Crippen LogP contribution in [0.4, 0.5) is 8.78 Å². The number of rotatable bonds is 3. The Hall–Kier alpha value is -2.57. The predicted octanol–water partition coefficient (Wildman–Crippen LogP) is 3.93. The largest absolute Gasteiger partial charge is 0.306 e. The molecule has 3 aromatic rings. The Bertz CT molecular complexity index is 1050. The number of nitrogens with one attached hydrogen (secondary N) is 1. The monoisotopic (exact) mass is 387 g/mol. The van der Waals surface area contributed by atoms with Crippen molar-refractivity contribution in [1.82, 2.24) is 14.9 Å². The van der Waals surface area contributed by atoms with E-state index in [1.807, 2.05) is 4.90 Å². The topological polar surface area (TPSA) is 49.0 Å². The maximum atomic E-state index is 14.0. The number of fused-ring (bicyclic) bond motifs is 1. The quantitative estimate of drug-likeness (QED) is 0.741. The van der Waals surface area contributed by atoms with E-state index >= 15 is 0 Å². The van der Waals surface area contributed by atoms with Crippen LogP contribution >= 0.6 is 11.6 Å². The first-order valence-electron chi connectivity index (χ1n) is 8.54. The lowest BCUT2D eigenvalue weighted by Gasteiger charge is -2.27. The SMILES string of the molecule is O=c1[nH]c(-c2ccc(Cl)cc2)nc2c1CCN(Cc1cccc(F)c1F)C2. The summed E-state index contributed by atoms with van der Waals surface area (Å²) >= 11 is 5.91. The first-order chi connectivity index (χ1) is 13.0. The second-order valence-corrected chi connectivity index (χ2v) is 6.96. The lowest BCUT2D eigenvalue weighted by Crippen LogP contribution is -2.35. The van der Waals surface area contributed by atoms with E-state index in [9.17, 15) is 13.6 Å². The normalized spacial score (nSPS) is 14.2. The first-order valence-corrected chi connectivity index (χ1v) is 8.92. The van der Waals surface area contributed by atoms with Crippen LogP contribution in [-0.2, 0) is 19.5 Å². The fraction of sp³-hybridized carbons (Fsp3) is 0.200. The zero-order valence-corrected chi connectivity index (χ0v) is 15.1. The van der Waals surface area contributed by atoms with Gasteiger partial charge < -0.3 is 4.98 Å². The van der Waals surface area contributed by atoms with Gasteiger partial charge in [0.2, 0.25) is 0 Å². The molecule has 1 aliphatic heterocycles. The zero-order valence-electron chi connectivity index (χ0n) is 14.3. The number of halogens is 3. The summed E-state index contributed by atoms with van der Waals surface area (Å²) < 4.78 is 27.4. The highest BCUT2D eigenvalue weighted by Gasteiger charge is 2.22. The number of nitrogens with zero attached hydrogens (tertiary/aromatic N) is 2. The summed E-state index contributed by atoms with van der Waals surface area (Å²) in [5.74, 6) is -1.22. The van der Waals surface area contributed by atoms with Crippen LogP contribution in [0.3, 0.4) is 0 Å². The molecule has 1 aromatic heterocycles. The molecule has 0 aliphatic carbocycles. The number of aromatic nitrogens is 2. The lowest BCUT2D eigenvalue weighted by molar-refractivity contribution is 0.236. The highest BCUT2D eigenvalue weighted by Crippen LogP contribution is 2.22. The Morgan fingerprint density at radius 2 is 1.93 bits per heavy atom. The van der Waals surface area contributed by atoms with Crippen molar-refractivity contribution in [3.63, 3.8) is 0 Å². The highest BCUT2D eigenvalue weighted by atomic mass is 35.5. The highest BCUT2D eigenvalue weighted by molar-refractivity contribution is 6.30. The van der Waals surface area contributed by atoms with Crippen LogP contribution in [0.15, 0.2) is 47.3 Å². The maximum absolute atomic E-state index is 14.0. The molecule has 27 heavy (non-hydrogen) atoms. The minimum Gasteiger partial charge on any atom is -0.306 e. The van der Waals surface area contributed by atoms with E-state index in [2.05, 4.69) is 9.97 Å². The summed E-state index contributed by atoms with van der Waals surface area (Å²) in [6, 6.07) is 11.2. The average molecular weight is 388 g/mol. The van der Waals surface area contributed by atoms with Gasteiger partial charge in [0.05, 0.1) is 5.69 Å². The molecule has 0 saturated carbocycles. The Morgan fingerprint density at radius 3 is 2.70 bits per heavy atom. The third-order valence-corrected chi connectivity index (χ3v) is 4.95. The third-order valence-electron chi connectivity index (χ3n) is 4.70. The molecule has 0 amide bonds. The minimum absolute atomic E-state index is 0.165. The van der Waals surface area contributed by atoms with Crippen molar-refractivity contribution >= 4 is 11.6 Å². The molecule has 0 fully saturated rings. The van der Waals surface area contributed by atoms with Crippen molar-refractivity contribution in [1.29, 1.82) is 0 Å². The van der Waals surface area contributed by atoms with Gasteiger partial charge in [-0.3, -0.25) is 9.69 Å². The smallest absolute Gasteiger partial charge is 0.254 e. The molecule has 4 rings (SSSR count). The molecule has 1 N–H and O–H groups in total. The third kappa shape index (κ3) is 3.63. The molecule has 0 bridgehead atoms. The molecule has 0 atom stereocenters. The second kappa shape index (κ2) is 7.21. The van der Waals surface area contributed by atoms with Gasteiger partial charge in [0.25, 0.3) is 5.56 Å². The Balaban J connectivity index is 1.62. The van der Waals surface area contributed by atoms with Crippen molar-refractivity contribution < 1.29 is 8.78 Å². The number of benzene rings is 2. The van der Waals surface area contributed by atoms with Crippen LogP contribution in [0.1, 0.15) is 16.8 Å². The van der Waals surface area contributed by atoms with Gasteiger partial charge in [-0.1, -0.05) is 23.7 Å². The van der Waals surface area contributed by atoms with Gasteiger partial charge in [-0.15, -0.1) is 0 Å². The van der Waals surface area contributed by atoms with E-state index in [0.717, 1.165) is 11.6 Å². The fourth-order valence-electron chi connectivity index (χ4n) is 3.28. The van der Waals surface area contributed by atoms with Crippen LogP contribution in [0.5, 0.6) is 0 Å². The van der Waals surface area contributed by atoms with Crippen LogP contribution in [0, 0.1) is 11.6 Å². The molecule has 7 heteroatoms. The van der Waals surface area contributed by atoms with Gasteiger partial charge in [-0.05, 0) is 36.8 Å². The molecule has 1 aliphatic rings. The molecule has 0 saturated heterocycles. The summed E-state index contributed by atoms with van der Waals surface area (Å²) in [5.41, 5.74) is 2.19. The lowest BCUT2D eigenvalue weighted by atomic mass is 10.0. The van der Waals surface area contributed by atoms with Crippen molar-refractivity contribution in [2.45, 2.75) is 19.5 Å². The molecule has 4 nitrogen and oxygen atoms in total. The Labute approximate surface area is 159 Å². The van der Waals surface area contributed by atoms with Gasteiger partial charge in [0.15, 0.2) is 11.6 Å². The first kappa shape index (κ1) is 17.8. The van der Waals surface area contributed by atoms with E-state index in [1.165, 1.54) is 6.07 Å². The van der Waals surface area contributed by atoms with E-state index < -0.39 is 11.6 Å². The minimum atomic E-state index is -0.857.